The minimum atomic E-state index is -1.18. The molecule has 1 aromatic heterocycles. The number of carbonyl (C=O) groups is 2. The summed E-state index contributed by atoms with van der Waals surface area (Å²) in [6, 6.07) is 17.3. The van der Waals surface area contributed by atoms with Crippen LogP contribution < -0.4 is 0 Å². The van der Waals surface area contributed by atoms with Crippen LogP contribution >= 0.6 is 0 Å². The predicted octanol–water partition coefficient (Wildman–Crippen LogP) is 2.97. The Balaban J connectivity index is 1.68. The van der Waals surface area contributed by atoms with Gasteiger partial charge in [-0.25, -0.2) is 4.79 Å². The van der Waals surface area contributed by atoms with Gasteiger partial charge in [-0.1, -0.05) is 48.5 Å². The highest BCUT2D eigenvalue weighted by atomic mass is 16.4. The van der Waals surface area contributed by atoms with E-state index < -0.39 is 11.5 Å². The second-order valence-corrected chi connectivity index (χ2v) is 6.52. The SMILES string of the molecule is O=C1CC(Cc2c[nH]c3ccccc23)(C(=O)O)N1Cc1ccccc1. The summed E-state index contributed by atoms with van der Waals surface area (Å²) in [6.45, 7) is 0.314. The number of carboxylic acid groups (broad SMARTS) is 1. The second kappa shape index (κ2) is 5.77. The average molecular weight is 334 g/mol. The lowest BCUT2D eigenvalue weighted by atomic mass is 9.78. The summed E-state index contributed by atoms with van der Waals surface area (Å²) in [6.07, 6.45) is 2.18. The highest BCUT2D eigenvalue weighted by Crippen LogP contribution is 2.38. The van der Waals surface area contributed by atoms with E-state index in [2.05, 4.69) is 4.98 Å². The Bertz CT molecular complexity index is 948. The molecule has 5 nitrogen and oxygen atoms in total. The highest BCUT2D eigenvalue weighted by Gasteiger charge is 2.56. The molecule has 1 aliphatic heterocycles. The molecule has 0 saturated carbocycles. The van der Waals surface area contributed by atoms with E-state index >= 15 is 0 Å². The van der Waals surface area contributed by atoms with Gasteiger partial charge in [-0.2, -0.15) is 0 Å². The topological polar surface area (TPSA) is 73.4 Å². The van der Waals surface area contributed by atoms with Crippen LogP contribution in [0.4, 0.5) is 0 Å². The van der Waals surface area contributed by atoms with Gasteiger partial charge in [-0.3, -0.25) is 4.79 Å². The molecule has 0 aliphatic carbocycles. The Morgan fingerprint density at radius 1 is 1.12 bits per heavy atom. The second-order valence-electron chi connectivity index (χ2n) is 6.52. The van der Waals surface area contributed by atoms with Gasteiger partial charge in [0.25, 0.3) is 0 Å². The van der Waals surface area contributed by atoms with Crippen molar-refractivity contribution < 1.29 is 14.7 Å². The van der Waals surface area contributed by atoms with Crippen molar-refractivity contribution in [3.05, 3.63) is 71.9 Å². The summed E-state index contributed by atoms with van der Waals surface area (Å²) in [5.74, 6) is -1.07. The van der Waals surface area contributed by atoms with Gasteiger partial charge < -0.3 is 15.0 Å². The molecule has 1 atom stereocenters. The molecule has 1 amide bonds. The number of nitrogens with zero attached hydrogens (tertiary/aromatic N) is 1. The number of para-hydroxylation sites is 1. The molecule has 1 aliphatic rings. The fraction of sp³-hybridized carbons (Fsp3) is 0.200. The standard InChI is InChI=1S/C20H18N2O3/c23-18-11-20(19(24)25,22(18)13-14-6-2-1-3-7-14)10-15-12-21-17-9-5-4-8-16(15)17/h1-9,12,21H,10-11,13H2,(H,24,25). The molecule has 2 N–H and O–H groups in total. The summed E-state index contributed by atoms with van der Waals surface area (Å²) < 4.78 is 0. The molecule has 3 aromatic rings. The zero-order valence-electron chi connectivity index (χ0n) is 13.6. The van der Waals surface area contributed by atoms with Crippen LogP contribution in [0.15, 0.2) is 60.8 Å². The van der Waals surface area contributed by atoms with Gasteiger partial charge in [0, 0.05) is 30.1 Å². The highest BCUT2D eigenvalue weighted by molar-refractivity contribution is 5.99. The first-order chi connectivity index (χ1) is 12.1. The third-order valence-corrected chi connectivity index (χ3v) is 5.00. The maximum Gasteiger partial charge on any atom is 0.330 e. The molecule has 126 valence electrons. The normalized spacial score (nSPS) is 19.8. The van der Waals surface area contributed by atoms with Crippen LogP contribution in [0, 0.1) is 0 Å². The maximum atomic E-state index is 12.2. The molecule has 5 heteroatoms. The summed E-state index contributed by atoms with van der Waals surface area (Å²) >= 11 is 0. The van der Waals surface area contributed by atoms with E-state index in [1.165, 1.54) is 4.90 Å². The molecule has 2 aromatic carbocycles. The number of likely N-dealkylation sites (tertiary alicyclic amines) is 1. The number of hydrogen-bond acceptors (Lipinski definition) is 2. The van der Waals surface area contributed by atoms with Gasteiger partial charge in [0.15, 0.2) is 5.54 Å². The summed E-state index contributed by atoms with van der Waals surface area (Å²) in [7, 11) is 0. The zero-order valence-corrected chi connectivity index (χ0v) is 13.6. The lowest BCUT2D eigenvalue weighted by Gasteiger charge is -2.49. The zero-order chi connectivity index (χ0) is 17.4. The van der Waals surface area contributed by atoms with Crippen molar-refractivity contribution in [2.24, 2.45) is 0 Å². The molecule has 1 saturated heterocycles. The number of β-lactam (4-membered cyclic amide) rings is 1. The number of amides is 1. The van der Waals surface area contributed by atoms with Gasteiger partial charge >= 0.3 is 5.97 Å². The molecule has 1 unspecified atom stereocenters. The molecular weight excluding hydrogens is 316 g/mol. The monoisotopic (exact) mass is 334 g/mol. The number of hydrogen-bond donors (Lipinski definition) is 2. The van der Waals surface area contributed by atoms with E-state index in [9.17, 15) is 14.7 Å². The van der Waals surface area contributed by atoms with Crippen LogP contribution in [0.25, 0.3) is 10.9 Å². The van der Waals surface area contributed by atoms with Crippen molar-refractivity contribution in [3.63, 3.8) is 0 Å². The Morgan fingerprint density at radius 3 is 2.56 bits per heavy atom. The minimum absolute atomic E-state index is 0.0364. The number of benzene rings is 2. The Morgan fingerprint density at radius 2 is 1.84 bits per heavy atom. The first-order valence-electron chi connectivity index (χ1n) is 8.23. The number of aromatic nitrogens is 1. The quantitative estimate of drug-likeness (QED) is 0.705. The van der Waals surface area contributed by atoms with Gasteiger partial charge in [0.05, 0.1) is 6.42 Å². The van der Waals surface area contributed by atoms with Crippen LogP contribution in [0.1, 0.15) is 17.5 Å². The molecule has 0 bridgehead atoms. The molecule has 1 fully saturated rings. The lowest BCUT2D eigenvalue weighted by molar-refractivity contribution is -0.177. The van der Waals surface area contributed by atoms with E-state index in [0.29, 0.717) is 13.0 Å². The molecule has 2 heterocycles. The molecule has 25 heavy (non-hydrogen) atoms. The van der Waals surface area contributed by atoms with Crippen molar-refractivity contribution in [3.8, 4) is 0 Å². The van der Waals surface area contributed by atoms with Gasteiger partial charge in [-0.05, 0) is 17.2 Å². The number of aromatic amines is 1. The summed E-state index contributed by atoms with van der Waals surface area (Å²) in [5.41, 5.74) is 1.64. The Hall–Kier alpha value is -3.08. The minimum Gasteiger partial charge on any atom is -0.479 e. The van der Waals surface area contributed by atoms with E-state index in [1.807, 2.05) is 60.8 Å². The van der Waals surface area contributed by atoms with Gasteiger partial charge in [-0.15, -0.1) is 0 Å². The number of nitrogens with one attached hydrogen (secondary N) is 1. The van der Waals surface area contributed by atoms with E-state index in [4.69, 9.17) is 0 Å². The number of carbonyl (C=O) groups excluding carboxylic acids is 1. The number of fused-ring (bicyclic) bond motifs is 1. The van der Waals surface area contributed by atoms with Crippen LogP contribution in [0.2, 0.25) is 0 Å². The number of rotatable bonds is 5. The smallest absolute Gasteiger partial charge is 0.330 e. The van der Waals surface area contributed by atoms with E-state index in [-0.39, 0.29) is 12.3 Å². The fourth-order valence-electron chi connectivity index (χ4n) is 3.61. The van der Waals surface area contributed by atoms with Gasteiger partial charge in [0.1, 0.15) is 0 Å². The maximum absolute atomic E-state index is 12.2. The molecular formula is C20H18N2O3. The van der Waals surface area contributed by atoms with Crippen molar-refractivity contribution in [2.45, 2.75) is 24.9 Å². The van der Waals surface area contributed by atoms with Crippen LogP contribution in [-0.2, 0) is 22.6 Å². The average Bonchev–Trinajstić information content (AvgIpc) is 3.03. The third-order valence-electron chi connectivity index (χ3n) is 5.00. The fourth-order valence-corrected chi connectivity index (χ4v) is 3.61. The Labute approximate surface area is 144 Å². The van der Waals surface area contributed by atoms with E-state index in [0.717, 1.165) is 22.0 Å². The third kappa shape index (κ3) is 2.48. The van der Waals surface area contributed by atoms with Crippen molar-refractivity contribution in [1.82, 2.24) is 9.88 Å². The van der Waals surface area contributed by atoms with Crippen LogP contribution in [0.3, 0.4) is 0 Å². The number of aliphatic carboxylic acids is 1. The predicted molar refractivity (Wildman–Crippen MR) is 94.0 cm³/mol. The summed E-state index contributed by atoms with van der Waals surface area (Å²) in [4.78, 5) is 29.0. The van der Waals surface area contributed by atoms with Crippen LogP contribution in [-0.4, -0.2) is 32.4 Å². The lowest BCUT2D eigenvalue weighted by Crippen LogP contribution is -2.68. The van der Waals surface area contributed by atoms with Crippen LogP contribution in [0.5, 0.6) is 0 Å². The molecule has 0 spiro atoms. The van der Waals surface area contributed by atoms with Crippen molar-refractivity contribution in [1.29, 1.82) is 0 Å². The first-order valence-corrected chi connectivity index (χ1v) is 8.23. The van der Waals surface area contributed by atoms with Crippen molar-refractivity contribution in [2.75, 3.05) is 0 Å². The molecule has 0 radical (unpaired) electrons. The first kappa shape index (κ1) is 15.4. The summed E-state index contributed by atoms with van der Waals surface area (Å²) in [5, 5.41) is 10.9. The molecule has 4 rings (SSSR count). The largest absolute Gasteiger partial charge is 0.479 e. The van der Waals surface area contributed by atoms with E-state index in [1.54, 1.807) is 0 Å². The number of H-pyrrole nitrogens is 1. The van der Waals surface area contributed by atoms with Crippen molar-refractivity contribution >= 4 is 22.8 Å². The van der Waals surface area contributed by atoms with Gasteiger partial charge in [0.2, 0.25) is 5.91 Å². The number of carboxylic acids is 1. The Kier molecular flexibility index (Phi) is 3.57.